The van der Waals surface area contributed by atoms with Gasteiger partial charge in [-0.3, -0.25) is 4.98 Å². The molecule has 7 heteroatoms. The van der Waals surface area contributed by atoms with Crippen molar-refractivity contribution in [3.63, 3.8) is 0 Å². The van der Waals surface area contributed by atoms with Gasteiger partial charge in [0.2, 0.25) is 0 Å². The minimum Gasteiger partial charge on any atom is -0.326 e. The molecule has 1 fully saturated rings. The maximum absolute atomic E-state index is 14.3. The standard InChI is InChI=1S/C19H19F3N4/c20-12-5-14(22)13(21)3-10(12)11-4-19-25-17-7-24-16(9-1-2-9)6-18(17)26(19)8-15(11)23/h5-7,9-11,15H,1-4,8,23H2/t10?,11-,15?/m1/s1. The van der Waals surface area contributed by atoms with Crippen molar-refractivity contribution in [3.8, 4) is 0 Å². The number of pyridine rings is 1. The van der Waals surface area contributed by atoms with Crippen molar-refractivity contribution >= 4 is 11.0 Å². The second-order valence-electron chi connectivity index (χ2n) is 7.64. The summed E-state index contributed by atoms with van der Waals surface area (Å²) in [5.41, 5.74) is 9.22. The maximum Gasteiger partial charge on any atom is 0.157 e. The van der Waals surface area contributed by atoms with E-state index < -0.39 is 23.4 Å². The normalized spacial score (nSPS) is 29.1. The lowest BCUT2D eigenvalue weighted by molar-refractivity contribution is 0.217. The second kappa shape index (κ2) is 5.67. The zero-order valence-electron chi connectivity index (χ0n) is 14.1. The Balaban J connectivity index is 1.49. The van der Waals surface area contributed by atoms with Gasteiger partial charge in [-0.1, -0.05) is 0 Å². The zero-order valence-corrected chi connectivity index (χ0v) is 14.1. The van der Waals surface area contributed by atoms with Gasteiger partial charge in [0, 0.05) is 49.0 Å². The SMILES string of the molecule is NC1Cn2c(nc3cnc(C4CC4)cc32)C[C@@H]1C1CC(F)=C(F)C=C1F. The van der Waals surface area contributed by atoms with E-state index in [0.717, 1.165) is 22.6 Å². The topological polar surface area (TPSA) is 56.7 Å². The number of halogens is 3. The largest absolute Gasteiger partial charge is 0.326 e. The predicted octanol–water partition coefficient (Wildman–Crippen LogP) is 3.83. The Morgan fingerprint density at radius 3 is 2.73 bits per heavy atom. The fourth-order valence-corrected chi connectivity index (χ4v) is 4.26. The highest BCUT2D eigenvalue weighted by Gasteiger charge is 2.39. The summed E-state index contributed by atoms with van der Waals surface area (Å²) in [7, 11) is 0. The first kappa shape index (κ1) is 16.1. The molecule has 0 amide bonds. The Hall–Kier alpha value is -2.15. The molecule has 0 bridgehead atoms. The molecule has 2 N–H and O–H groups in total. The van der Waals surface area contributed by atoms with Gasteiger partial charge in [0.15, 0.2) is 5.83 Å². The third-order valence-electron chi connectivity index (χ3n) is 5.89. The van der Waals surface area contributed by atoms with Gasteiger partial charge in [0.1, 0.15) is 23.0 Å². The Labute approximate surface area is 148 Å². The smallest absolute Gasteiger partial charge is 0.157 e. The van der Waals surface area contributed by atoms with Gasteiger partial charge in [-0.05, 0) is 24.8 Å². The number of hydrogen-bond acceptors (Lipinski definition) is 3. The van der Waals surface area contributed by atoms with Crippen LogP contribution < -0.4 is 5.73 Å². The van der Waals surface area contributed by atoms with Crippen LogP contribution in [-0.4, -0.2) is 20.6 Å². The number of nitrogens with zero attached hydrogens (tertiary/aromatic N) is 3. The van der Waals surface area contributed by atoms with Crippen molar-refractivity contribution in [2.24, 2.45) is 17.6 Å². The van der Waals surface area contributed by atoms with E-state index >= 15 is 0 Å². The molecule has 0 radical (unpaired) electrons. The Morgan fingerprint density at radius 1 is 1.15 bits per heavy atom. The first-order valence-corrected chi connectivity index (χ1v) is 9.03. The number of rotatable bonds is 2. The van der Waals surface area contributed by atoms with Crippen LogP contribution in [0.15, 0.2) is 35.8 Å². The first-order chi connectivity index (χ1) is 12.5. The van der Waals surface area contributed by atoms with Crippen molar-refractivity contribution in [2.45, 2.75) is 44.2 Å². The van der Waals surface area contributed by atoms with Crippen LogP contribution in [0.2, 0.25) is 0 Å². The van der Waals surface area contributed by atoms with Crippen molar-refractivity contribution in [3.05, 3.63) is 47.3 Å². The van der Waals surface area contributed by atoms with Crippen LogP contribution in [0.1, 0.15) is 36.7 Å². The van der Waals surface area contributed by atoms with Crippen molar-refractivity contribution < 1.29 is 13.2 Å². The first-order valence-electron chi connectivity index (χ1n) is 9.03. The number of aromatic nitrogens is 3. The Kier molecular flexibility index (Phi) is 3.50. The van der Waals surface area contributed by atoms with Gasteiger partial charge in [-0.25, -0.2) is 18.2 Å². The molecule has 2 unspecified atom stereocenters. The second-order valence-corrected chi connectivity index (χ2v) is 7.64. The molecule has 1 aliphatic heterocycles. The molecular weight excluding hydrogens is 341 g/mol. The van der Waals surface area contributed by atoms with E-state index in [1.165, 1.54) is 12.8 Å². The fourth-order valence-electron chi connectivity index (χ4n) is 4.26. The molecule has 0 aromatic carbocycles. The summed E-state index contributed by atoms with van der Waals surface area (Å²) in [6.07, 6.45) is 4.94. The van der Waals surface area contributed by atoms with Crippen LogP contribution in [0.25, 0.3) is 11.0 Å². The molecule has 3 atom stereocenters. The highest BCUT2D eigenvalue weighted by atomic mass is 19.2. The van der Waals surface area contributed by atoms with Gasteiger partial charge in [0.05, 0.1) is 11.7 Å². The van der Waals surface area contributed by atoms with Gasteiger partial charge < -0.3 is 10.3 Å². The molecule has 0 spiro atoms. The number of imidazole rings is 1. The van der Waals surface area contributed by atoms with Crippen molar-refractivity contribution in [1.29, 1.82) is 0 Å². The molecule has 26 heavy (non-hydrogen) atoms. The highest BCUT2D eigenvalue weighted by Crippen LogP contribution is 2.42. The van der Waals surface area contributed by atoms with Crippen LogP contribution in [0, 0.1) is 11.8 Å². The molecule has 5 rings (SSSR count). The molecule has 3 heterocycles. The maximum atomic E-state index is 14.3. The number of hydrogen-bond donors (Lipinski definition) is 1. The van der Waals surface area contributed by atoms with Crippen LogP contribution in [0.5, 0.6) is 0 Å². The third kappa shape index (κ3) is 2.48. The minimum absolute atomic E-state index is 0.278. The van der Waals surface area contributed by atoms with Gasteiger partial charge in [-0.15, -0.1) is 0 Å². The van der Waals surface area contributed by atoms with E-state index in [4.69, 9.17) is 5.73 Å². The predicted molar refractivity (Wildman–Crippen MR) is 91.2 cm³/mol. The molecule has 4 nitrogen and oxygen atoms in total. The lowest BCUT2D eigenvalue weighted by atomic mass is 9.77. The number of nitrogens with two attached hydrogens (primary N) is 1. The van der Waals surface area contributed by atoms with Crippen molar-refractivity contribution in [1.82, 2.24) is 14.5 Å². The van der Waals surface area contributed by atoms with Gasteiger partial charge in [-0.2, -0.15) is 0 Å². The summed E-state index contributed by atoms with van der Waals surface area (Å²) in [6.45, 7) is 0.488. The van der Waals surface area contributed by atoms with Crippen LogP contribution in [-0.2, 0) is 13.0 Å². The average Bonchev–Trinajstić information content (AvgIpc) is 3.40. The van der Waals surface area contributed by atoms with E-state index in [-0.39, 0.29) is 18.4 Å². The number of fused-ring (bicyclic) bond motifs is 3. The monoisotopic (exact) mass is 360 g/mol. The summed E-state index contributed by atoms with van der Waals surface area (Å²) in [4.78, 5) is 9.13. The molecular formula is C19H19F3N4. The molecule has 2 aromatic rings. The quantitative estimate of drug-likeness (QED) is 0.885. The summed E-state index contributed by atoms with van der Waals surface area (Å²) in [5.74, 6) is -2.35. The lowest BCUT2D eigenvalue weighted by Gasteiger charge is -2.35. The lowest BCUT2D eigenvalue weighted by Crippen LogP contribution is -2.44. The van der Waals surface area contributed by atoms with Crippen LogP contribution in [0.4, 0.5) is 13.2 Å². The Morgan fingerprint density at radius 2 is 1.96 bits per heavy atom. The van der Waals surface area contributed by atoms with E-state index in [0.29, 0.717) is 25.0 Å². The summed E-state index contributed by atoms with van der Waals surface area (Å²) in [5, 5.41) is 0. The molecule has 2 aromatic heterocycles. The molecule has 0 saturated heterocycles. The molecule has 1 saturated carbocycles. The third-order valence-corrected chi connectivity index (χ3v) is 5.89. The highest BCUT2D eigenvalue weighted by molar-refractivity contribution is 5.76. The van der Waals surface area contributed by atoms with Gasteiger partial charge >= 0.3 is 0 Å². The van der Waals surface area contributed by atoms with E-state index in [1.807, 2.05) is 0 Å². The Bertz CT molecular complexity index is 957. The molecule has 2 aliphatic carbocycles. The zero-order chi connectivity index (χ0) is 18.0. The molecule has 136 valence electrons. The number of allylic oxidation sites excluding steroid dienone is 4. The average molecular weight is 360 g/mol. The van der Waals surface area contributed by atoms with Crippen LogP contribution >= 0.6 is 0 Å². The molecule has 3 aliphatic rings. The summed E-state index contributed by atoms with van der Waals surface area (Å²) in [6, 6.07) is 1.73. The summed E-state index contributed by atoms with van der Waals surface area (Å²) >= 11 is 0. The van der Waals surface area contributed by atoms with Crippen molar-refractivity contribution in [2.75, 3.05) is 0 Å². The van der Waals surface area contributed by atoms with E-state index in [1.54, 1.807) is 6.20 Å². The minimum atomic E-state index is -1.12. The summed E-state index contributed by atoms with van der Waals surface area (Å²) < 4.78 is 43.3. The fraction of sp³-hybridized carbons (Fsp3) is 0.474. The van der Waals surface area contributed by atoms with Gasteiger partial charge in [0.25, 0.3) is 0 Å². The van der Waals surface area contributed by atoms with Crippen LogP contribution in [0.3, 0.4) is 0 Å². The van der Waals surface area contributed by atoms with E-state index in [9.17, 15) is 13.2 Å². The van der Waals surface area contributed by atoms with E-state index in [2.05, 4.69) is 20.6 Å².